The Bertz CT molecular complexity index is 216. The summed E-state index contributed by atoms with van der Waals surface area (Å²) >= 11 is 12.1. The highest BCUT2D eigenvalue weighted by molar-refractivity contribution is 6.51. The van der Waals surface area contributed by atoms with E-state index in [4.69, 9.17) is 23.2 Å². The summed E-state index contributed by atoms with van der Waals surface area (Å²) in [6.07, 6.45) is 1.88. The third kappa shape index (κ3) is 0.962. The lowest BCUT2D eigenvalue weighted by atomic mass is 9.92. The zero-order valence-corrected chi connectivity index (χ0v) is 7.75. The fraction of sp³-hybridized carbons (Fsp3) is 0.556. The first-order chi connectivity index (χ1) is 5.03. The van der Waals surface area contributed by atoms with E-state index in [2.05, 4.69) is 13.2 Å². The first-order valence-corrected chi connectivity index (χ1v) is 4.53. The van der Waals surface area contributed by atoms with E-state index in [9.17, 15) is 0 Å². The van der Waals surface area contributed by atoms with Crippen LogP contribution in [0.2, 0.25) is 0 Å². The van der Waals surface area contributed by atoms with Gasteiger partial charge < -0.3 is 0 Å². The van der Waals surface area contributed by atoms with E-state index in [1.165, 1.54) is 0 Å². The van der Waals surface area contributed by atoms with Crippen molar-refractivity contribution in [3.63, 3.8) is 0 Å². The molecule has 0 aromatic carbocycles. The Morgan fingerprint density at radius 1 is 1.09 bits per heavy atom. The van der Waals surface area contributed by atoms with Crippen molar-refractivity contribution >= 4 is 23.2 Å². The third-order valence-corrected chi connectivity index (χ3v) is 3.92. The zero-order chi connectivity index (χ0) is 8.22. The maximum atomic E-state index is 6.03. The topological polar surface area (TPSA) is 0 Å². The standard InChI is InChI=1S/C9H10Cl2/c1-5-3-7-8(4-6(5)2)9(7,10)11/h7-8H,1-4H2. The number of allylic oxidation sites excluding steroid dienone is 2. The molecular weight excluding hydrogens is 179 g/mol. The fourth-order valence-corrected chi connectivity index (χ4v) is 2.63. The quantitative estimate of drug-likeness (QED) is 0.513. The molecule has 0 aromatic rings. The molecule has 11 heavy (non-hydrogen) atoms. The van der Waals surface area contributed by atoms with Gasteiger partial charge in [0.2, 0.25) is 0 Å². The summed E-state index contributed by atoms with van der Waals surface area (Å²) in [5.41, 5.74) is 2.27. The monoisotopic (exact) mass is 188 g/mol. The molecule has 0 aliphatic heterocycles. The van der Waals surface area contributed by atoms with Gasteiger partial charge in [0.15, 0.2) is 0 Å². The van der Waals surface area contributed by atoms with Gasteiger partial charge in [0.05, 0.1) is 0 Å². The van der Waals surface area contributed by atoms with Gasteiger partial charge in [0, 0.05) is 11.8 Å². The Kier molecular flexibility index (Phi) is 1.44. The van der Waals surface area contributed by atoms with E-state index >= 15 is 0 Å². The SMILES string of the molecule is C=C1CC2C(CC1=C)C2(Cl)Cl. The Balaban J connectivity index is 2.18. The molecule has 0 nitrogen and oxygen atoms in total. The molecule has 0 heterocycles. The van der Waals surface area contributed by atoms with E-state index in [-0.39, 0.29) is 0 Å². The lowest BCUT2D eigenvalue weighted by Crippen LogP contribution is -1.98. The van der Waals surface area contributed by atoms with Gasteiger partial charge in [0.1, 0.15) is 4.33 Å². The third-order valence-electron chi connectivity index (χ3n) is 2.80. The van der Waals surface area contributed by atoms with Crippen molar-refractivity contribution in [3.05, 3.63) is 24.3 Å². The number of fused-ring (bicyclic) bond motifs is 1. The van der Waals surface area contributed by atoms with Gasteiger partial charge >= 0.3 is 0 Å². The van der Waals surface area contributed by atoms with Crippen LogP contribution in [0, 0.1) is 11.8 Å². The van der Waals surface area contributed by atoms with Crippen molar-refractivity contribution in [3.8, 4) is 0 Å². The average Bonchev–Trinajstić information content (AvgIpc) is 2.39. The molecule has 2 fully saturated rings. The Morgan fingerprint density at radius 3 is 1.82 bits per heavy atom. The van der Waals surface area contributed by atoms with Gasteiger partial charge in [0.25, 0.3) is 0 Å². The van der Waals surface area contributed by atoms with Crippen molar-refractivity contribution in [2.45, 2.75) is 17.2 Å². The van der Waals surface area contributed by atoms with Gasteiger partial charge in [-0.25, -0.2) is 0 Å². The molecule has 60 valence electrons. The number of hydrogen-bond acceptors (Lipinski definition) is 0. The molecule has 2 aliphatic carbocycles. The minimum atomic E-state index is -0.470. The normalized spacial score (nSPS) is 40.2. The number of hydrogen-bond donors (Lipinski definition) is 0. The highest BCUT2D eigenvalue weighted by Gasteiger charge is 2.64. The highest BCUT2D eigenvalue weighted by Crippen LogP contribution is 2.66. The van der Waals surface area contributed by atoms with Crippen LogP contribution in [0.3, 0.4) is 0 Å². The predicted molar refractivity (Wildman–Crippen MR) is 48.9 cm³/mol. The van der Waals surface area contributed by atoms with Gasteiger partial charge in [-0.15, -0.1) is 23.2 Å². The molecule has 0 N–H and O–H groups in total. The Hall–Kier alpha value is 0.0600. The minimum absolute atomic E-state index is 0.448. The van der Waals surface area contributed by atoms with Crippen LogP contribution in [0.1, 0.15) is 12.8 Å². The van der Waals surface area contributed by atoms with Gasteiger partial charge in [-0.3, -0.25) is 0 Å². The summed E-state index contributed by atoms with van der Waals surface area (Å²) in [5.74, 6) is 0.896. The van der Waals surface area contributed by atoms with Gasteiger partial charge in [-0.1, -0.05) is 24.3 Å². The van der Waals surface area contributed by atoms with E-state index in [1.54, 1.807) is 0 Å². The molecule has 2 atom stereocenters. The Labute approximate surface area is 76.9 Å². The van der Waals surface area contributed by atoms with Gasteiger partial charge in [-0.05, 0) is 12.8 Å². The summed E-state index contributed by atoms with van der Waals surface area (Å²) in [7, 11) is 0. The molecule has 2 aliphatic rings. The van der Waals surface area contributed by atoms with Crippen LogP contribution < -0.4 is 0 Å². The maximum absolute atomic E-state index is 6.03. The van der Waals surface area contributed by atoms with E-state index in [0.717, 1.165) is 24.0 Å². The average molecular weight is 189 g/mol. The fourth-order valence-electron chi connectivity index (χ4n) is 1.84. The number of alkyl halides is 2. The second-order valence-electron chi connectivity index (χ2n) is 3.50. The summed E-state index contributed by atoms with van der Waals surface area (Å²) < 4.78 is -0.470. The largest absolute Gasteiger partial charge is 0.125 e. The van der Waals surface area contributed by atoms with Crippen LogP contribution in [0.15, 0.2) is 24.3 Å². The van der Waals surface area contributed by atoms with Crippen LogP contribution in [-0.4, -0.2) is 4.33 Å². The molecule has 2 saturated carbocycles. The first-order valence-electron chi connectivity index (χ1n) is 3.77. The molecule has 0 saturated heterocycles. The number of rotatable bonds is 0. The predicted octanol–water partition coefficient (Wildman–Crippen LogP) is 3.31. The van der Waals surface area contributed by atoms with Gasteiger partial charge in [-0.2, -0.15) is 0 Å². The second-order valence-corrected chi connectivity index (χ2v) is 4.95. The van der Waals surface area contributed by atoms with Crippen molar-refractivity contribution in [1.29, 1.82) is 0 Å². The second kappa shape index (κ2) is 2.05. The van der Waals surface area contributed by atoms with Crippen molar-refractivity contribution in [1.82, 2.24) is 0 Å². The van der Waals surface area contributed by atoms with Crippen LogP contribution in [-0.2, 0) is 0 Å². The summed E-state index contributed by atoms with van der Waals surface area (Å²) in [6, 6.07) is 0. The van der Waals surface area contributed by atoms with E-state index in [0.29, 0.717) is 11.8 Å². The van der Waals surface area contributed by atoms with Crippen LogP contribution in [0.4, 0.5) is 0 Å². The van der Waals surface area contributed by atoms with Crippen molar-refractivity contribution < 1.29 is 0 Å². The van der Waals surface area contributed by atoms with E-state index in [1.807, 2.05) is 0 Å². The van der Waals surface area contributed by atoms with Crippen LogP contribution in [0.25, 0.3) is 0 Å². The lowest BCUT2D eigenvalue weighted by molar-refractivity contribution is 0.645. The molecule has 0 bridgehead atoms. The molecule has 2 unspecified atom stereocenters. The van der Waals surface area contributed by atoms with Crippen molar-refractivity contribution in [2.75, 3.05) is 0 Å². The molecule has 0 radical (unpaired) electrons. The maximum Gasteiger partial charge on any atom is 0.125 e. The van der Waals surface area contributed by atoms with E-state index < -0.39 is 4.33 Å². The summed E-state index contributed by atoms with van der Waals surface area (Å²) in [4.78, 5) is 0. The zero-order valence-electron chi connectivity index (χ0n) is 6.24. The lowest BCUT2D eigenvalue weighted by Gasteiger charge is -2.12. The minimum Gasteiger partial charge on any atom is -0.101 e. The summed E-state index contributed by atoms with van der Waals surface area (Å²) in [5, 5.41) is 0. The van der Waals surface area contributed by atoms with Crippen LogP contribution in [0.5, 0.6) is 0 Å². The van der Waals surface area contributed by atoms with Crippen LogP contribution >= 0.6 is 23.2 Å². The van der Waals surface area contributed by atoms with Crippen molar-refractivity contribution in [2.24, 2.45) is 11.8 Å². The summed E-state index contributed by atoms with van der Waals surface area (Å²) in [6.45, 7) is 7.84. The molecular formula is C9H10Cl2. The number of halogens is 2. The molecule has 2 heteroatoms. The molecule has 0 aromatic heterocycles. The first kappa shape index (κ1) is 7.70. The smallest absolute Gasteiger partial charge is 0.101 e. The molecule has 0 amide bonds. The Morgan fingerprint density at radius 2 is 1.45 bits per heavy atom. The highest BCUT2D eigenvalue weighted by atomic mass is 35.5. The molecule has 2 rings (SSSR count). The molecule has 0 spiro atoms.